The van der Waals surface area contributed by atoms with E-state index in [4.69, 9.17) is 9.26 Å². The molecule has 0 saturated carbocycles. The normalized spacial score (nSPS) is 12.0. The Labute approximate surface area is 152 Å². The van der Waals surface area contributed by atoms with Crippen molar-refractivity contribution in [3.05, 3.63) is 40.8 Å². The first-order valence-corrected chi connectivity index (χ1v) is 8.75. The van der Waals surface area contributed by atoms with Crippen molar-refractivity contribution in [3.8, 4) is 0 Å². The Kier molecular flexibility index (Phi) is 5.64. The van der Waals surface area contributed by atoms with E-state index in [0.717, 1.165) is 11.8 Å². The van der Waals surface area contributed by atoms with E-state index in [-0.39, 0.29) is 17.2 Å². The Bertz CT molecular complexity index is 998. The number of methoxy groups -OCH3 is 1. The molecule has 0 radical (unpaired) electrons. The molecule has 26 heavy (non-hydrogen) atoms. The van der Waals surface area contributed by atoms with E-state index in [2.05, 4.69) is 15.2 Å². The van der Waals surface area contributed by atoms with E-state index in [1.807, 2.05) is 6.07 Å². The molecule has 2 aromatic heterocycles. The molecule has 0 bridgehead atoms. The van der Waals surface area contributed by atoms with Gasteiger partial charge in [0.05, 0.1) is 10.9 Å². The van der Waals surface area contributed by atoms with Gasteiger partial charge >= 0.3 is 5.88 Å². The molecule has 3 aromatic rings. The van der Waals surface area contributed by atoms with Crippen molar-refractivity contribution in [1.29, 1.82) is 0 Å². The third kappa shape index (κ3) is 4.09. The molecular formula is C16H17N5O4S. The number of fused-ring (bicyclic) bond motifs is 1. The van der Waals surface area contributed by atoms with Crippen LogP contribution in [0.25, 0.3) is 10.9 Å². The molecule has 9 nitrogen and oxygen atoms in total. The second-order valence-corrected chi connectivity index (χ2v) is 6.31. The second-order valence-electron chi connectivity index (χ2n) is 5.37. The number of benzene rings is 1. The summed E-state index contributed by atoms with van der Waals surface area (Å²) < 4.78 is 12.8. The van der Waals surface area contributed by atoms with Crippen molar-refractivity contribution in [1.82, 2.24) is 14.8 Å². The zero-order valence-electron chi connectivity index (χ0n) is 14.3. The summed E-state index contributed by atoms with van der Waals surface area (Å²) in [5.74, 6) is -0.267. The van der Waals surface area contributed by atoms with Crippen LogP contribution in [0.5, 0.6) is 0 Å². The number of nitrogens with zero attached hydrogens (tertiary/aromatic N) is 5. The van der Waals surface area contributed by atoms with Gasteiger partial charge in [0.25, 0.3) is 11.8 Å². The van der Waals surface area contributed by atoms with Gasteiger partial charge in [-0.25, -0.2) is 9.98 Å². The largest absolute Gasteiger partial charge is 0.861 e. The van der Waals surface area contributed by atoms with Gasteiger partial charge in [-0.1, -0.05) is 23.9 Å². The summed E-state index contributed by atoms with van der Waals surface area (Å²) in [6.07, 6.45) is 1.52. The molecule has 0 aliphatic heterocycles. The molecule has 0 fully saturated rings. The standard InChI is InChI=1S/C16H17N5O4S/c1-20-15(23)11-5-3-4-6-12(11)17-16(20)26-10-13(22)18-14-9-21(19-25-14)7-8-24-2/h3-6,9H,7-8,10H2,1-2H3. The number of hydrogen-bond acceptors (Lipinski definition) is 8. The van der Waals surface area contributed by atoms with Gasteiger partial charge in [-0.05, 0) is 22.7 Å². The minimum Gasteiger partial charge on any atom is -0.861 e. The number of aromatic nitrogens is 4. The minimum atomic E-state index is -0.410. The summed E-state index contributed by atoms with van der Waals surface area (Å²) in [5, 5.41) is 16.8. The number of para-hydroxylation sites is 1. The molecule has 136 valence electrons. The molecule has 0 N–H and O–H groups in total. The van der Waals surface area contributed by atoms with E-state index in [0.29, 0.717) is 29.2 Å². The van der Waals surface area contributed by atoms with Crippen molar-refractivity contribution in [2.45, 2.75) is 11.7 Å². The number of thioether (sulfide) groups is 1. The van der Waals surface area contributed by atoms with Gasteiger partial charge in [0.15, 0.2) is 5.16 Å². The van der Waals surface area contributed by atoms with Crippen LogP contribution >= 0.6 is 11.8 Å². The molecule has 0 aliphatic carbocycles. The van der Waals surface area contributed by atoms with Gasteiger partial charge in [-0.15, -0.1) is 0 Å². The minimum absolute atomic E-state index is 0.0252. The maximum atomic E-state index is 12.3. The Balaban J connectivity index is 1.72. The third-order valence-electron chi connectivity index (χ3n) is 3.52. The van der Waals surface area contributed by atoms with Crippen LogP contribution in [0.15, 0.2) is 49.9 Å². The van der Waals surface area contributed by atoms with E-state index in [1.54, 1.807) is 32.4 Å². The van der Waals surface area contributed by atoms with Crippen LogP contribution in [-0.4, -0.2) is 40.2 Å². The summed E-state index contributed by atoms with van der Waals surface area (Å²) in [5.41, 5.74) is 0.439. The van der Waals surface area contributed by atoms with Gasteiger partial charge in [0, 0.05) is 19.9 Å². The quantitative estimate of drug-likeness (QED) is 0.188. The van der Waals surface area contributed by atoms with Gasteiger partial charge in [-0.3, -0.25) is 13.9 Å². The highest BCUT2D eigenvalue weighted by atomic mass is 32.2. The number of rotatable bonds is 7. The summed E-state index contributed by atoms with van der Waals surface area (Å²) in [6, 6.07) is 7.09. The third-order valence-corrected chi connectivity index (χ3v) is 4.54. The van der Waals surface area contributed by atoms with Crippen molar-refractivity contribution in [2.75, 3.05) is 19.5 Å². The maximum absolute atomic E-state index is 12.3. The fourth-order valence-corrected chi connectivity index (χ4v) is 2.97. The first-order valence-electron chi connectivity index (χ1n) is 7.77. The van der Waals surface area contributed by atoms with Crippen LogP contribution in [0.2, 0.25) is 0 Å². The Morgan fingerprint density at radius 1 is 1.46 bits per heavy atom. The maximum Gasteiger partial charge on any atom is 0.320 e. The molecule has 10 heteroatoms. The van der Waals surface area contributed by atoms with Crippen molar-refractivity contribution in [3.63, 3.8) is 0 Å². The van der Waals surface area contributed by atoms with E-state index >= 15 is 0 Å². The van der Waals surface area contributed by atoms with E-state index in [1.165, 1.54) is 15.4 Å². The SMILES string of the molecule is COCC[n+]1cc(/N=C(/[O-])CSc2nc3ccccc3c(=O)n2C)on1. The monoisotopic (exact) mass is 375 g/mol. The molecule has 3 rings (SSSR count). The first-order chi connectivity index (χ1) is 12.6. The molecule has 0 aliphatic rings. The highest BCUT2D eigenvalue weighted by Gasteiger charge is 2.11. The van der Waals surface area contributed by atoms with Gasteiger partial charge in [-0.2, -0.15) is 0 Å². The summed E-state index contributed by atoms with van der Waals surface area (Å²) in [4.78, 5) is 20.6. The zero-order chi connectivity index (χ0) is 18.5. The molecule has 0 spiro atoms. The summed E-state index contributed by atoms with van der Waals surface area (Å²) in [7, 11) is 3.21. The van der Waals surface area contributed by atoms with E-state index < -0.39 is 5.90 Å². The Morgan fingerprint density at radius 3 is 3.08 bits per heavy atom. The lowest BCUT2D eigenvalue weighted by atomic mass is 10.2. The van der Waals surface area contributed by atoms with Crippen LogP contribution < -0.4 is 15.3 Å². The second kappa shape index (κ2) is 8.11. The lowest BCUT2D eigenvalue weighted by Gasteiger charge is -2.11. The van der Waals surface area contributed by atoms with Crippen molar-refractivity contribution >= 4 is 34.4 Å². The molecule has 0 unspecified atom stereocenters. The first kappa shape index (κ1) is 18.1. The highest BCUT2D eigenvalue weighted by Crippen LogP contribution is 2.17. The van der Waals surface area contributed by atoms with Crippen molar-refractivity contribution < 1.29 is 19.0 Å². The fraction of sp³-hybridized carbons (Fsp3) is 0.312. The summed E-state index contributed by atoms with van der Waals surface area (Å²) >= 11 is 1.14. The Hall–Kier alpha value is -2.72. The van der Waals surface area contributed by atoms with Gasteiger partial charge < -0.3 is 9.84 Å². The van der Waals surface area contributed by atoms with Crippen molar-refractivity contribution in [2.24, 2.45) is 12.0 Å². The van der Waals surface area contributed by atoms with Crippen LogP contribution in [-0.2, 0) is 18.3 Å². The van der Waals surface area contributed by atoms with Crippen LogP contribution in [0, 0.1) is 0 Å². The Morgan fingerprint density at radius 2 is 2.27 bits per heavy atom. The van der Waals surface area contributed by atoms with Gasteiger partial charge in [0.2, 0.25) is 11.8 Å². The van der Waals surface area contributed by atoms with E-state index in [9.17, 15) is 9.90 Å². The van der Waals surface area contributed by atoms with Crippen LogP contribution in [0.4, 0.5) is 5.88 Å². The molecule has 2 heterocycles. The number of ether oxygens (including phenoxy) is 1. The highest BCUT2D eigenvalue weighted by molar-refractivity contribution is 7.99. The molecule has 1 aromatic carbocycles. The molecular weight excluding hydrogens is 358 g/mol. The fourth-order valence-electron chi connectivity index (χ4n) is 2.22. The molecule has 0 saturated heterocycles. The number of aliphatic imine (C=N–C) groups is 1. The number of hydrogen-bond donors (Lipinski definition) is 0. The topological polar surface area (TPSA) is 109 Å². The summed E-state index contributed by atoms with van der Waals surface area (Å²) in [6.45, 7) is 0.976. The average molecular weight is 375 g/mol. The molecule has 0 amide bonds. The lowest BCUT2D eigenvalue weighted by Crippen LogP contribution is -2.36. The van der Waals surface area contributed by atoms with Crippen LogP contribution in [0.3, 0.4) is 0 Å². The average Bonchev–Trinajstić information content (AvgIpc) is 3.09. The predicted molar refractivity (Wildman–Crippen MR) is 93.4 cm³/mol. The lowest BCUT2D eigenvalue weighted by molar-refractivity contribution is -0.763. The molecule has 0 atom stereocenters. The van der Waals surface area contributed by atoms with Crippen LogP contribution in [0.1, 0.15) is 0 Å². The zero-order valence-corrected chi connectivity index (χ0v) is 15.1. The predicted octanol–water partition coefficient (Wildman–Crippen LogP) is 0.0380. The smallest absolute Gasteiger partial charge is 0.320 e. The van der Waals surface area contributed by atoms with Gasteiger partial charge in [0.1, 0.15) is 6.61 Å².